The van der Waals surface area contributed by atoms with Gasteiger partial charge < -0.3 is 14.4 Å². The van der Waals surface area contributed by atoms with Crippen LogP contribution in [-0.4, -0.2) is 56.1 Å². The van der Waals surface area contributed by atoms with Crippen molar-refractivity contribution in [3.05, 3.63) is 66.3 Å². The lowest BCUT2D eigenvalue weighted by atomic mass is 10.0. The molecule has 3 aromatic rings. The SMILES string of the molecule is O=C(O)C(F)(F)F.O=C(c1ccco1)N1CCc2ncnc(-c3ccncc3)c2CC1. The van der Waals surface area contributed by atoms with Gasteiger partial charge in [0.25, 0.3) is 5.91 Å². The Hall–Kier alpha value is -3.76. The van der Waals surface area contributed by atoms with Gasteiger partial charge in [0.15, 0.2) is 5.76 Å². The Balaban J connectivity index is 0.000000339. The Morgan fingerprint density at radius 1 is 1.06 bits per heavy atom. The van der Waals surface area contributed by atoms with E-state index >= 15 is 0 Å². The number of hydrogen-bond acceptors (Lipinski definition) is 6. The summed E-state index contributed by atoms with van der Waals surface area (Å²) < 4.78 is 37.0. The Bertz CT molecular complexity index is 1040. The number of rotatable bonds is 2. The number of aliphatic carboxylic acids is 1. The fourth-order valence-corrected chi connectivity index (χ4v) is 3.04. The predicted octanol–water partition coefficient (Wildman–Crippen LogP) is 3.01. The van der Waals surface area contributed by atoms with Crippen LogP contribution in [0, 0.1) is 0 Å². The van der Waals surface area contributed by atoms with Gasteiger partial charge in [-0.3, -0.25) is 9.78 Å². The number of nitrogens with zero attached hydrogens (tertiary/aromatic N) is 4. The lowest BCUT2D eigenvalue weighted by molar-refractivity contribution is -0.192. The largest absolute Gasteiger partial charge is 0.490 e. The highest BCUT2D eigenvalue weighted by Gasteiger charge is 2.38. The summed E-state index contributed by atoms with van der Waals surface area (Å²) in [4.78, 5) is 36.2. The Kier molecular flexibility index (Phi) is 6.63. The molecule has 0 atom stereocenters. The molecule has 8 nitrogen and oxygen atoms in total. The first-order valence-corrected chi connectivity index (χ1v) is 9.13. The van der Waals surface area contributed by atoms with Gasteiger partial charge in [0.2, 0.25) is 0 Å². The van der Waals surface area contributed by atoms with Crippen LogP contribution >= 0.6 is 0 Å². The second-order valence-electron chi connectivity index (χ2n) is 6.46. The number of carbonyl (C=O) groups is 2. The molecular formula is C20H17F3N4O4. The van der Waals surface area contributed by atoms with Crippen LogP contribution in [0.15, 0.2) is 53.7 Å². The quantitative estimate of drug-likeness (QED) is 0.660. The van der Waals surface area contributed by atoms with Crippen LogP contribution in [0.2, 0.25) is 0 Å². The van der Waals surface area contributed by atoms with E-state index in [0.717, 1.165) is 28.9 Å². The van der Waals surface area contributed by atoms with Crippen molar-refractivity contribution in [2.24, 2.45) is 0 Å². The van der Waals surface area contributed by atoms with E-state index < -0.39 is 12.1 Å². The van der Waals surface area contributed by atoms with Crippen molar-refractivity contribution in [2.75, 3.05) is 13.1 Å². The summed E-state index contributed by atoms with van der Waals surface area (Å²) in [5.74, 6) is -2.46. The molecule has 3 aromatic heterocycles. The zero-order chi connectivity index (χ0) is 22.4. The molecule has 1 amide bonds. The fraction of sp³-hybridized carbons (Fsp3) is 0.250. The maximum atomic E-state index is 12.5. The number of amides is 1. The van der Waals surface area contributed by atoms with E-state index in [4.69, 9.17) is 14.3 Å². The van der Waals surface area contributed by atoms with Gasteiger partial charge in [-0.1, -0.05) is 0 Å². The van der Waals surface area contributed by atoms with E-state index in [1.807, 2.05) is 17.0 Å². The molecule has 162 valence electrons. The van der Waals surface area contributed by atoms with E-state index in [2.05, 4.69) is 15.0 Å². The second kappa shape index (κ2) is 9.37. The number of carboxylic acids is 1. The molecule has 0 unspecified atom stereocenters. The van der Waals surface area contributed by atoms with Crippen LogP contribution in [0.5, 0.6) is 0 Å². The number of aromatic nitrogens is 3. The number of carboxylic acid groups (broad SMARTS) is 1. The normalized spacial score (nSPS) is 13.5. The molecule has 4 heterocycles. The number of fused-ring (bicyclic) bond motifs is 1. The minimum absolute atomic E-state index is 0.0776. The third-order valence-corrected chi connectivity index (χ3v) is 4.50. The van der Waals surface area contributed by atoms with Crippen molar-refractivity contribution in [3.63, 3.8) is 0 Å². The summed E-state index contributed by atoms with van der Waals surface area (Å²) in [5.41, 5.74) is 4.06. The van der Waals surface area contributed by atoms with Crippen LogP contribution in [0.25, 0.3) is 11.3 Å². The number of carbonyl (C=O) groups excluding carboxylic acids is 1. The van der Waals surface area contributed by atoms with E-state index in [9.17, 15) is 18.0 Å². The molecular weight excluding hydrogens is 417 g/mol. The van der Waals surface area contributed by atoms with Crippen molar-refractivity contribution >= 4 is 11.9 Å². The van der Waals surface area contributed by atoms with E-state index in [-0.39, 0.29) is 5.91 Å². The van der Waals surface area contributed by atoms with Gasteiger partial charge >= 0.3 is 12.1 Å². The lowest BCUT2D eigenvalue weighted by Crippen LogP contribution is -2.33. The number of hydrogen-bond donors (Lipinski definition) is 1. The maximum Gasteiger partial charge on any atom is 0.490 e. The Morgan fingerprint density at radius 3 is 2.35 bits per heavy atom. The van der Waals surface area contributed by atoms with Crippen LogP contribution < -0.4 is 0 Å². The van der Waals surface area contributed by atoms with Crippen molar-refractivity contribution < 1.29 is 32.3 Å². The van der Waals surface area contributed by atoms with Crippen LogP contribution in [0.1, 0.15) is 21.8 Å². The van der Waals surface area contributed by atoms with Gasteiger partial charge in [0, 0.05) is 48.7 Å². The first-order valence-electron chi connectivity index (χ1n) is 9.13. The number of pyridine rings is 1. The summed E-state index contributed by atoms with van der Waals surface area (Å²) in [7, 11) is 0. The average Bonchev–Trinajstić information content (AvgIpc) is 3.20. The molecule has 0 bridgehead atoms. The highest BCUT2D eigenvalue weighted by molar-refractivity contribution is 5.91. The lowest BCUT2D eigenvalue weighted by Gasteiger charge is -2.18. The average molecular weight is 434 g/mol. The van der Waals surface area contributed by atoms with Crippen molar-refractivity contribution in [1.29, 1.82) is 0 Å². The summed E-state index contributed by atoms with van der Waals surface area (Å²) in [6, 6.07) is 7.31. The van der Waals surface area contributed by atoms with Crippen LogP contribution in [0.4, 0.5) is 13.2 Å². The molecule has 1 N–H and O–H groups in total. The van der Waals surface area contributed by atoms with Crippen LogP contribution in [0.3, 0.4) is 0 Å². The van der Waals surface area contributed by atoms with Crippen molar-refractivity contribution in [2.45, 2.75) is 19.0 Å². The maximum absolute atomic E-state index is 12.5. The van der Waals surface area contributed by atoms with Crippen molar-refractivity contribution in [1.82, 2.24) is 19.9 Å². The standard InChI is InChI=1S/C18H16N4O2.C2HF3O2/c23-18(16-2-1-11-24-16)22-9-5-14-15(6-10-22)20-12-21-17(14)13-3-7-19-8-4-13;3-2(4,5)1(6)7/h1-4,7-8,11-12H,5-6,9-10H2;(H,6,7). The molecule has 0 saturated carbocycles. The van der Waals surface area contributed by atoms with E-state index in [0.29, 0.717) is 25.3 Å². The van der Waals surface area contributed by atoms with Crippen molar-refractivity contribution in [3.8, 4) is 11.3 Å². The molecule has 0 radical (unpaired) electrons. The fourth-order valence-electron chi connectivity index (χ4n) is 3.04. The third-order valence-electron chi connectivity index (χ3n) is 4.50. The minimum atomic E-state index is -5.08. The number of alkyl halides is 3. The van der Waals surface area contributed by atoms with E-state index in [1.54, 1.807) is 30.9 Å². The molecule has 1 aliphatic heterocycles. The molecule has 0 fully saturated rings. The zero-order valence-electron chi connectivity index (χ0n) is 16.0. The molecule has 0 saturated heterocycles. The van der Waals surface area contributed by atoms with Gasteiger partial charge in [-0.2, -0.15) is 13.2 Å². The van der Waals surface area contributed by atoms with Gasteiger partial charge in [-0.05, 0) is 30.7 Å². The molecule has 0 aromatic carbocycles. The molecule has 31 heavy (non-hydrogen) atoms. The highest BCUT2D eigenvalue weighted by atomic mass is 19.4. The molecule has 11 heteroatoms. The summed E-state index contributed by atoms with van der Waals surface area (Å²) in [6.45, 7) is 1.25. The summed E-state index contributed by atoms with van der Waals surface area (Å²) in [6.07, 6.45) is 2.98. The third kappa shape index (κ3) is 5.44. The molecule has 1 aliphatic rings. The second-order valence-corrected chi connectivity index (χ2v) is 6.46. The first kappa shape index (κ1) is 21.9. The Morgan fingerprint density at radius 2 is 1.74 bits per heavy atom. The topological polar surface area (TPSA) is 109 Å². The highest BCUT2D eigenvalue weighted by Crippen LogP contribution is 2.25. The van der Waals surface area contributed by atoms with Gasteiger partial charge in [0.05, 0.1) is 12.0 Å². The zero-order valence-corrected chi connectivity index (χ0v) is 16.0. The minimum Gasteiger partial charge on any atom is -0.475 e. The van der Waals surface area contributed by atoms with E-state index in [1.165, 1.54) is 6.26 Å². The predicted molar refractivity (Wildman–Crippen MR) is 101 cm³/mol. The molecule has 4 rings (SSSR count). The monoisotopic (exact) mass is 434 g/mol. The summed E-state index contributed by atoms with van der Waals surface area (Å²) in [5, 5.41) is 7.12. The van der Waals surface area contributed by atoms with Gasteiger partial charge in [0.1, 0.15) is 6.33 Å². The van der Waals surface area contributed by atoms with Gasteiger partial charge in [-0.25, -0.2) is 14.8 Å². The van der Waals surface area contributed by atoms with Crippen LogP contribution in [-0.2, 0) is 17.6 Å². The van der Waals surface area contributed by atoms with Gasteiger partial charge in [-0.15, -0.1) is 0 Å². The smallest absolute Gasteiger partial charge is 0.475 e. The molecule has 0 spiro atoms. The summed E-state index contributed by atoms with van der Waals surface area (Å²) >= 11 is 0. The Labute approximate surface area is 174 Å². The molecule has 0 aliphatic carbocycles. The number of furan rings is 1. The number of halogens is 3. The first-order chi connectivity index (χ1) is 14.8.